The zero-order valence-corrected chi connectivity index (χ0v) is 11.8. The molecule has 15 heavy (non-hydrogen) atoms. The predicted octanol–water partition coefficient (Wildman–Crippen LogP) is -0.915. The van der Waals surface area contributed by atoms with Crippen molar-refractivity contribution < 1.29 is 43.6 Å². The van der Waals surface area contributed by atoms with E-state index in [1.807, 2.05) is 0 Å². The van der Waals surface area contributed by atoms with Gasteiger partial charge < -0.3 is 1.43 Å². The van der Waals surface area contributed by atoms with Crippen LogP contribution in [-0.2, 0) is 14.3 Å². The zero-order valence-electron chi connectivity index (χ0n) is 9.93. The van der Waals surface area contributed by atoms with E-state index in [0.717, 1.165) is 0 Å². The van der Waals surface area contributed by atoms with Crippen LogP contribution >= 0.6 is 0 Å². The van der Waals surface area contributed by atoms with Gasteiger partial charge in [0.05, 0.1) is 11.5 Å². The summed E-state index contributed by atoms with van der Waals surface area (Å²) in [6, 6.07) is 8.04. The summed E-state index contributed by atoms with van der Waals surface area (Å²) >= 11 is 0. The predicted molar refractivity (Wildman–Crippen MR) is 55.5 cm³/mol. The van der Waals surface area contributed by atoms with Gasteiger partial charge in [0.2, 0.25) is 0 Å². The van der Waals surface area contributed by atoms with Crippen LogP contribution in [0.2, 0.25) is 0 Å². The van der Waals surface area contributed by atoms with Crippen LogP contribution in [0.3, 0.4) is 0 Å². The SMILES string of the molecule is C=C(C)COS(=O)(=O)c1ccccc1.[H-].[Na+]. The Morgan fingerprint density at radius 1 is 1.40 bits per heavy atom. The quantitative estimate of drug-likeness (QED) is 0.386. The number of rotatable bonds is 4. The Labute approximate surface area is 114 Å². The molecule has 0 saturated heterocycles. The third-order valence-corrected chi connectivity index (χ3v) is 2.77. The van der Waals surface area contributed by atoms with Crippen molar-refractivity contribution in [1.29, 1.82) is 0 Å². The average Bonchev–Trinajstić information content (AvgIpc) is 2.16. The van der Waals surface area contributed by atoms with E-state index in [-0.39, 0.29) is 42.5 Å². The van der Waals surface area contributed by atoms with Crippen LogP contribution in [0.4, 0.5) is 0 Å². The molecule has 0 fully saturated rings. The van der Waals surface area contributed by atoms with E-state index in [1.165, 1.54) is 12.1 Å². The first-order valence-corrected chi connectivity index (χ1v) is 5.52. The molecule has 0 radical (unpaired) electrons. The monoisotopic (exact) mass is 236 g/mol. The summed E-state index contributed by atoms with van der Waals surface area (Å²) in [5.41, 5.74) is 0.671. The van der Waals surface area contributed by atoms with Gasteiger partial charge in [0.15, 0.2) is 0 Å². The van der Waals surface area contributed by atoms with Gasteiger partial charge >= 0.3 is 29.6 Å². The summed E-state index contributed by atoms with van der Waals surface area (Å²) in [6.45, 7) is 5.30. The van der Waals surface area contributed by atoms with Crippen molar-refractivity contribution in [2.75, 3.05) is 6.61 Å². The largest absolute Gasteiger partial charge is 1.00 e. The summed E-state index contributed by atoms with van der Waals surface area (Å²) in [4.78, 5) is 0.168. The average molecular weight is 236 g/mol. The first-order valence-electron chi connectivity index (χ1n) is 4.11. The van der Waals surface area contributed by atoms with Crippen molar-refractivity contribution in [3.8, 4) is 0 Å². The smallest absolute Gasteiger partial charge is 1.00 e. The molecule has 0 bridgehead atoms. The van der Waals surface area contributed by atoms with Gasteiger partial charge in [0.25, 0.3) is 10.1 Å². The number of hydrogen-bond acceptors (Lipinski definition) is 3. The number of benzene rings is 1. The van der Waals surface area contributed by atoms with Crippen LogP contribution in [0.25, 0.3) is 0 Å². The van der Waals surface area contributed by atoms with Gasteiger partial charge in [-0.15, -0.1) is 0 Å². The van der Waals surface area contributed by atoms with Crippen molar-refractivity contribution in [2.45, 2.75) is 11.8 Å². The molecule has 1 aromatic carbocycles. The summed E-state index contributed by atoms with van der Waals surface area (Å²) in [7, 11) is -3.62. The van der Waals surface area contributed by atoms with Crippen LogP contribution in [-0.4, -0.2) is 15.0 Å². The molecule has 0 amide bonds. The van der Waals surface area contributed by atoms with E-state index in [1.54, 1.807) is 25.1 Å². The molecule has 0 unspecified atom stereocenters. The molecule has 1 aromatic rings. The topological polar surface area (TPSA) is 43.4 Å². The molecule has 0 spiro atoms. The molecular formula is C10H13NaO3S. The molecule has 0 heterocycles. The van der Waals surface area contributed by atoms with Gasteiger partial charge in [-0.25, -0.2) is 0 Å². The normalized spacial score (nSPS) is 10.5. The van der Waals surface area contributed by atoms with Crippen molar-refractivity contribution in [3.05, 3.63) is 42.5 Å². The molecule has 3 nitrogen and oxygen atoms in total. The van der Waals surface area contributed by atoms with Crippen LogP contribution in [0.15, 0.2) is 47.4 Å². The van der Waals surface area contributed by atoms with E-state index in [4.69, 9.17) is 4.18 Å². The first-order chi connectivity index (χ1) is 6.52. The van der Waals surface area contributed by atoms with E-state index < -0.39 is 10.1 Å². The summed E-state index contributed by atoms with van der Waals surface area (Å²) < 4.78 is 27.7. The maximum absolute atomic E-state index is 11.5. The zero-order chi connectivity index (χ0) is 10.6. The van der Waals surface area contributed by atoms with Crippen molar-refractivity contribution in [1.82, 2.24) is 0 Å². The van der Waals surface area contributed by atoms with Gasteiger partial charge in [-0.2, -0.15) is 8.42 Å². The summed E-state index contributed by atoms with van der Waals surface area (Å²) in [5.74, 6) is 0. The Hall–Kier alpha value is -0.130. The van der Waals surface area contributed by atoms with Crippen LogP contribution in [0.1, 0.15) is 8.35 Å². The Morgan fingerprint density at radius 2 is 1.93 bits per heavy atom. The minimum Gasteiger partial charge on any atom is -1.00 e. The molecule has 0 aliphatic heterocycles. The van der Waals surface area contributed by atoms with E-state index in [9.17, 15) is 8.42 Å². The maximum atomic E-state index is 11.5. The Morgan fingerprint density at radius 3 is 2.40 bits per heavy atom. The minimum absolute atomic E-state index is 0. The fourth-order valence-corrected chi connectivity index (χ4v) is 1.82. The maximum Gasteiger partial charge on any atom is 1.00 e. The van der Waals surface area contributed by atoms with E-state index in [0.29, 0.717) is 5.57 Å². The van der Waals surface area contributed by atoms with Crippen LogP contribution in [0.5, 0.6) is 0 Å². The summed E-state index contributed by atoms with van der Waals surface area (Å²) in [6.07, 6.45) is 0. The third-order valence-electron chi connectivity index (χ3n) is 1.49. The molecule has 0 saturated carbocycles. The number of hydrogen-bond donors (Lipinski definition) is 0. The molecule has 0 aliphatic rings. The molecule has 1 rings (SSSR count). The standard InChI is InChI=1S/C10H12O3S.Na.H/c1-9(2)8-13-14(11,12)10-6-4-3-5-7-10;;/h3-7H,1,8H2,2H3;;/q;+1;-1. The van der Waals surface area contributed by atoms with Crippen molar-refractivity contribution >= 4 is 10.1 Å². The Kier molecular flexibility index (Phi) is 6.40. The second kappa shape index (κ2) is 6.45. The summed E-state index contributed by atoms with van der Waals surface area (Å²) in [5, 5.41) is 0. The van der Waals surface area contributed by atoms with Crippen molar-refractivity contribution in [3.63, 3.8) is 0 Å². The van der Waals surface area contributed by atoms with Gasteiger partial charge in [-0.1, -0.05) is 30.4 Å². The van der Waals surface area contributed by atoms with E-state index >= 15 is 0 Å². The molecule has 0 aliphatic carbocycles. The first kappa shape index (κ1) is 14.9. The molecule has 5 heteroatoms. The molecule has 0 aromatic heterocycles. The fourth-order valence-electron chi connectivity index (χ4n) is 0.833. The van der Waals surface area contributed by atoms with Gasteiger partial charge in [-0.05, 0) is 19.1 Å². The Balaban J connectivity index is 0. The van der Waals surface area contributed by atoms with Crippen LogP contribution in [0, 0.1) is 0 Å². The third kappa shape index (κ3) is 4.95. The molecule has 0 N–H and O–H groups in total. The van der Waals surface area contributed by atoms with Gasteiger partial charge in [0, 0.05) is 0 Å². The van der Waals surface area contributed by atoms with Gasteiger partial charge in [-0.3, -0.25) is 4.18 Å². The second-order valence-corrected chi connectivity index (χ2v) is 4.60. The minimum atomic E-state index is -3.62. The van der Waals surface area contributed by atoms with Crippen LogP contribution < -0.4 is 29.6 Å². The van der Waals surface area contributed by atoms with Gasteiger partial charge in [0.1, 0.15) is 0 Å². The molecule has 78 valence electrons. The molecule has 0 atom stereocenters. The van der Waals surface area contributed by atoms with E-state index in [2.05, 4.69) is 6.58 Å². The second-order valence-electron chi connectivity index (χ2n) is 2.99. The van der Waals surface area contributed by atoms with Crippen molar-refractivity contribution in [2.24, 2.45) is 0 Å². The Bertz CT molecular complexity index is 417. The molecular weight excluding hydrogens is 223 g/mol. The fraction of sp³-hybridized carbons (Fsp3) is 0.200.